The maximum absolute atomic E-state index is 14.8. The highest BCUT2D eigenvalue weighted by molar-refractivity contribution is 5.96. The van der Waals surface area contributed by atoms with E-state index in [-0.39, 0.29) is 51.2 Å². The first kappa shape index (κ1) is 18.4. The lowest BCUT2D eigenvalue weighted by Gasteiger charge is -2.38. The van der Waals surface area contributed by atoms with Crippen molar-refractivity contribution >= 4 is 28.0 Å². The van der Waals surface area contributed by atoms with Crippen molar-refractivity contribution in [3.8, 4) is 11.1 Å². The van der Waals surface area contributed by atoms with Crippen LogP contribution in [-0.2, 0) is 7.05 Å². The number of piperidine rings is 1. The van der Waals surface area contributed by atoms with Crippen LogP contribution in [0.5, 0.6) is 0 Å². The van der Waals surface area contributed by atoms with Crippen LogP contribution in [0.3, 0.4) is 0 Å². The Labute approximate surface area is 174 Å². The molecule has 2 aliphatic heterocycles. The number of aromatic amines is 2. The molecular formula is C20H20F2N8O. The average Bonchev–Trinajstić information content (AvgIpc) is 3.44. The lowest BCUT2D eigenvalue weighted by atomic mass is 9.98. The first-order chi connectivity index (χ1) is 14.9. The molecule has 3 aromatic heterocycles. The van der Waals surface area contributed by atoms with Crippen LogP contribution in [0.2, 0.25) is 0 Å². The van der Waals surface area contributed by atoms with E-state index in [4.69, 9.17) is 10.7 Å². The molecule has 2 saturated heterocycles. The summed E-state index contributed by atoms with van der Waals surface area (Å²) in [5.74, 6) is -1.59. The summed E-state index contributed by atoms with van der Waals surface area (Å²) in [5, 5.41) is 9.85. The van der Waals surface area contributed by atoms with E-state index in [9.17, 15) is 13.6 Å². The number of hydrogen-bond acceptors (Lipinski definition) is 6. The largest absolute Gasteiger partial charge is 0.345 e. The minimum absolute atomic E-state index is 0.0687. The van der Waals surface area contributed by atoms with Gasteiger partial charge in [-0.25, -0.2) is 8.78 Å². The smallest absolute Gasteiger partial charge is 0.264 e. The maximum Gasteiger partial charge on any atom is 0.264 e. The standard InChI is InChI=1S/C20H20F2N8O/c1-29-19(31)14-12(11-6-13-17(27-28-26-13)16(22)15(11)21)7-24-18(14)25-20(29)30-9-2-3-10(30)5-8(23)4-9/h6-10,24H,2-5,23H2,1H3,(H,26,27,28)/t8-,9+,10-. The van der Waals surface area contributed by atoms with Crippen molar-refractivity contribution in [1.82, 2.24) is 29.9 Å². The Bertz CT molecular complexity index is 1390. The van der Waals surface area contributed by atoms with Crippen LogP contribution in [-0.4, -0.2) is 48.1 Å². The van der Waals surface area contributed by atoms with Crippen LogP contribution < -0.4 is 16.2 Å². The highest BCUT2D eigenvalue weighted by atomic mass is 19.2. The topological polar surface area (TPSA) is 122 Å². The zero-order chi connectivity index (χ0) is 21.4. The molecule has 3 atom stereocenters. The fourth-order valence-electron chi connectivity index (χ4n) is 5.26. The monoisotopic (exact) mass is 426 g/mol. The molecule has 0 aliphatic carbocycles. The highest BCUT2D eigenvalue weighted by Gasteiger charge is 2.41. The minimum Gasteiger partial charge on any atom is -0.345 e. The molecular weight excluding hydrogens is 406 g/mol. The Morgan fingerprint density at radius 2 is 1.90 bits per heavy atom. The molecule has 2 bridgehead atoms. The zero-order valence-corrected chi connectivity index (χ0v) is 16.7. The van der Waals surface area contributed by atoms with Crippen molar-refractivity contribution in [2.24, 2.45) is 12.8 Å². The molecule has 1 aromatic carbocycles. The lowest BCUT2D eigenvalue weighted by molar-refractivity contribution is 0.405. The van der Waals surface area contributed by atoms with E-state index in [0.717, 1.165) is 25.7 Å². The summed E-state index contributed by atoms with van der Waals surface area (Å²) < 4.78 is 30.8. The predicted octanol–water partition coefficient (Wildman–Crippen LogP) is 1.94. The van der Waals surface area contributed by atoms with Gasteiger partial charge in [0.05, 0.1) is 5.39 Å². The predicted molar refractivity (Wildman–Crippen MR) is 111 cm³/mol. The molecule has 11 heteroatoms. The molecule has 0 saturated carbocycles. The Morgan fingerprint density at radius 1 is 1.16 bits per heavy atom. The van der Waals surface area contributed by atoms with Gasteiger partial charge in [0, 0.05) is 42.5 Å². The third-order valence-corrected chi connectivity index (χ3v) is 6.69. The minimum atomic E-state index is -1.09. The fraction of sp³-hybridized carbons (Fsp3) is 0.400. The number of H-pyrrole nitrogens is 2. The van der Waals surface area contributed by atoms with Gasteiger partial charge in [0.2, 0.25) is 5.95 Å². The summed E-state index contributed by atoms with van der Waals surface area (Å²) in [5.41, 5.74) is 6.41. The van der Waals surface area contributed by atoms with Crippen molar-refractivity contribution in [2.75, 3.05) is 4.90 Å². The van der Waals surface area contributed by atoms with E-state index >= 15 is 0 Å². The number of hydrogen-bond donors (Lipinski definition) is 3. The second-order valence-electron chi connectivity index (χ2n) is 8.48. The van der Waals surface area contributed by atoms with Crippen molar-refractivity contribution in [3.63, 3.8) is 0 Å². The van der Waals surface area contributed by atoms with E-state index in [1.165, 1.54) is 16.8 Å². The van der Waals surface area contributed by atoms with Gasteiger partial charge in [0.25, 0.3) is 5.56 Å². The van der Waals surface area contributed by atoms with Gasteiger partial charge in [-0.1, -0.05) is 5.21 Å². The first-order valence-electron chi connectivity index (χ1n) is 10.2. The van der Waals surface area contributed by atoms with Gasteiger partial charge in [-0.15, -0.1) is 5.10 Å². The summed E-state index contributed by atoms with van der Waals surface area (Å²) in [4.78, 5) is 23.2. The molecule has 5 heterocycles. The van der Waals surface area contributed by atoms with Gasteiger partial charge in [-0.3, -0.25) is 14.5 Å². The maximum atomic E-state index is 14.8. The number of anilines is 1. The number of benzene rings is 1. The number of aromatic nitrogens is 6. The second kappa shape index (κ2) is 6.33. The van der Waals surface area contributed by atoms with Gasteiger partial charge in [0.15, 0.2) is 11.6 Å². The molecule has 0 spiro atoms. The lowest BCUT2D eigenvalue weighted by Crippen LogP contribution is -2.49. The molecule has 0 unspecified atom stereocenters. The molecule has 160 valence electrons. The number of nitrogens with one attached hydrogen (secondary N) is 2. The number of nitrogens with two attached hydrogens (primary N) is 1. The van der Waals surface area contributed by atoms with E-state index < -0.39 is 11.6 Å². The molecule has 6 rings (SSSR count). The first-order valence-corrected chi connectivity index (χ1v) is 10.2. The zero-order valence-electron chi connectivity index (χ0n) is 16.7. The number of halogens is 2. The van der Waals surface area contributed by atoms with Crippen molar-refractivity contribution in [2.45, 2.75) is 43.8 Å². The average molecular weight is 426 g/mol. The summed E-state index contributed by atoms with van der Waals surface area (Å²) in [7, 11) is 1.66. The number of rotatable bonds is 2. The summed E-state index contributed by atoms with van der Waals surface area (Å²) in [6.07, 6.45) is 5.24. The molecule has 31 heavy (non-hydrogen) atoms. The van der Waals surface area contributed by atoms with Crippen LogP contribution in [0.4, 0.5) is 14.7 Å². The van der Waals surface area contributed by atoms with Crippen LogP contribution in [0.25, 0.3) is 33.2 Å². The molecule has 9 nitrogen and oxygen atoms in total. The summed E-state index contributed by atoms with van der Waals surface area (Å²) in [6, 6.07) is 2.04. The number of nitrogens with zero attached hydrogens (tertiary/aromatic N) is 5. The normalized spacial score (nSPS) is 23.4. The SMILES string of the molecule is Cn1c(N2[C@@H]3CC[C@H]2C[C@@H](N)C3)nc2[nH]cc(-c3cc4nn[nH]c4c(F)c3F)c2c1=O. The molecule has 2 fully saturated rings. The Hall–Kier alpha value is -3.34. The summed E-state index contributed by atoms with van der Waals surface area (Å²) >= 11 is 0. The highest BCUT2D eigenvalue weighted by Crippen LogP contribution is 2.39. The van der Waals surface area contributed by atoms with E-state index in [2.05, 4.69) is 25.3 Å². The van der Waals surface area contributed by atoms with Crippen molar-refractivity contribution < 1.29 is 8.78 Å². The number of fused-ring (bicyclic) bond motifs is 4. The summed E-state index contributed by atoms with van der Waals surface area (Å²) in [6.45, 7) is 0. The van der Waals surface area contributed by atoms with Gasteiger partial charge in [0.1, 0.15) is 16.7 Å². The van der Waals surface area contributed by atoms with Crippen molar-refractivity contribution in [1.29, 1.82) is 0 Å². The van der Waals surface area contributed by atoms with Crippen molar-refractivity contribution in [3.05, 3.63) is 34.3 Å². The molecule has 0 radical (unpaired) electrons. The van der Waals surface area contributed by atoms with Crippen LogP contribution in [0.1, 0.15) is 25.7 Å². The fourth-order valence-corrected chi connectivity index (χ4v) is 5.26. The molecule has 4 N–H and O–H groups in total. The Balaban J connectivity index is 1.54. The van der Waals surface area contributed by atoms with Gasteiger partial charge < -0.3 is 15.6 Å². The van der Waals surface area contributed by atoms with E-state index in [1.807, 2.05) is 0 Å². The second-order valence-corrected chi connectivity index (χ2v) is 8.48. The van der Waals surface area contributed by atoms with E-state index in [1.54, 1.807) is 7.05 Å². The van der Waals surface area contributed by atoms with E-state index in [0.29, 0.717) is 11.6 Å². The quantitative estimate of drug-likeness (QED) is 0.450. The Kier molecular flexibility index (Phi) is 3.76. The Morgan fingerprint density at radius 3 is 2.65 bits per heavy atom. The molecule has 0 amide bonds. The van der Waals surface area contributed by atoms with Gasteiger partial charge in [-0.05, 0) is 31.7 Å². The van der Waals surface area contributed by atoms with Gasteiger partial charge >= 0.3 is 0 Å². The van der Waals surface area contributed by atoms with Crippen LogP contribution in [0, 0.1) is 11.6 Å². The third-order valence-electron chi connectivity index (χ3n) is 6.69. The van der Waals surface area contributed by atoms with Crippen LogP contribution in [0.15, 0.2) is 17.1 Å². The third kappa shape index (κ3) is 2.49. The van der Waals surface area contributed by atoms with Gasteiger partial charge in [-0.2, -0.15) is 4.98 Å². The molecule has 2 aliphatic rings. The molecule has 4 aromatic rings. The van der Waals surface area contributed by atoms with Crippen LogP contribution >= 0.6 is 0 Å².